The fourth-order valence-electron chi connectivity index (χ4n) is 3.78. The van der Waals surface area contributed by atoms with Crippen molar-refractivity contribution in [3.05, 3.63) is 0 Å². The molecule has 2 aliphatic rings. The van der Waals surface area contributed by atoms with E-state index in [1.165, 1.54) is 44.9 Å². The molecule has 0 aromatic heterocycles. The van der Waals surface area contributed by atoms with E-state index in [4.69, 9.17) is 0 Å². The second-order valence-electron chi connectivity index (χ2n) is 5.74. The Kier molecular flexibility index (Phi) is 4.61. The van der Waals surface area contributed by atoms with Gasteiger partial charge in [0.15, 0.2) is 0 Å². The molecule has 2 heteroatoms. The number of Topliss-reactive ketones (excluding diaryl/α,β-unsaturated/α-hetero) is 1. The smallest absolute Gasteiger partial charge is 0.149 e. The molecule has 0 spiro atoms. The maximum atomic E-state index is 12.1. The molecule has 2 saturated heterocycles. The summed E-state index contributed by atoms with van der Waals surface area (Å²) < 4.78 is 0. The summed E-state index contributed by atoms with van der Waals surface area (Å²) in [5.74, 6) is 0.484. The van der Waals surface area contributed by atoms with Gasteiger partial charge >= 0.3 is 0 Å². The van der Waals surface area contributed by atoms with Gasteiger partial charge in [0.25, 0.3) is 0 Å². The highest BCUT2D eigenvalue weighted by Gasteiger charge is 2.41. The SMILES string of the molecule is CCCC[C@@H]1CC[C@H]2CCC[C@H](C(=O)CC)N12. The molecule has 0 aliphatic carbocycles. The fourth-order valence-corrected chi connectivity index (χ4v) is 3.78. The number of ketones is 1. The Labute approximate surface area is 106 Å². The van der Waals surface area contributed by atoms with E-state index in [1.807, 2.05) is 6.92 Å². The molecule has 0 amide bonds. The summed E-state index contributed by atoms with van der Waals surface area (Å²) in [4.78, 5) is 14.7. The molecule has 0 unspecified atom stereocenters. The quantitative estimate of drug-likeness (QED) is 0.729. The number of nitrogens with zero attached hydrogens (tertiary/aromatic N) is 1. The van der Waals surface area contributed by atoms with E-state index in [1.54, 1.807) is 0 Å². The van der Waals surface area contributed by atoms with Crippen LogP contribution >= 0.6 is 0 Å². The zero-order chi connectivity index (χ0) is 12.3. The van der Waals surface area contributed by atoms with Gasteiger partial charge in [-0.3, -0.25) is 9.69 Å². The molecule has 0 aromatic carbocycles. The van der Waals surface area contributed by atoms with Gasteiger partial charge in [-0.1, -0.05) is 26.7 Å². The van der Waals surface area contributed by atoms with E-state index >= 15 is 0 Å². The van der Waals surface area contributed by atoms with E-state index in [0.29, 0.717) is 18.2 Å². The fraction of sp³-hybridized carbons (Fsp3) is 0.933. The van der Waals surface area contributed by atoms with Gasteiger partial charge in [-0.25, -0.2) is 0 Å². The first-order valence-electron chi connectivity index (χ1n) is 7.58. The van der Waals surface area contributed by atoms with Gasteiger partial charge < -0.3 is 0 Å². The Hall–Kier alpha value is -0.370. The molecule has 17 heavy (non-hydrogen) atoms. The van der Waals surface area contributed by atoms with Crippen LogP contribution in [0.15, 0.2) is 0 Å². The Bertz CT molecular complexity index is 264. The number of fused-ring (bicyclic) bond motifs is 1. The average molecular weight is 237 g/mol. The minimum atomic E-state index is 0.267. The summed E-state index contributed by atoms with van der Waals surface area (Å²) in [7, 11) is 0. The third kappa shape index (κ3) is 2.73. The Morgan fingerprint density at radius 3 is 2.71 bits per heavy atom. The molecule has 0 saturated carbocycles. The monoisotopic (exact) mass is 237 g/mol. The number of carbonyl (C=O) groups excluding carboxylic acids is 1. The minimum Gasteiger partial charge on any atom is -0.298 e. The van der Waals surface area contributed by atoms with Crippen molar-refractivity contribution >= 4 is 5.78 Å². The molecule has 2 rings (SSSR count). The lowest BCUT2D eigenvalue weighted by atomic mass is 9.92. The molecule has 98 valence electrons. The van der Waals surface area contributed by atoms with Gasteiger partial charge in [0.05, 0.1) is 6.04 Å². The van der Waals surface area contributed by atoms with E-state index in [2.05, 4.69) is 11.8 Å². The molecule has 0 radical (unpaired) electrons. The third-order valence-electron chi connectivity index (χ3n) is 4.66. The molecule has 2 nitrogen and oxygen atoms in total. The summed E-state index contributed by atoms with van der Waals surface area (Å²) in [5.41, 5.74) is 0. The second kappa shape index (κ2) is 5.99. The highest BCUT2D eigenvalue weighted by molar-refractivity contribution is 5.83. The van der Waals surface area contributed by atoms with Gasteiger partial charge in [0, 0.05) is 18.5 Å². The van der Waals surface area contributed by atoms with Crippen molar-refractivity contribution in [2.24, 2.45) is 0 Å². The highest BCUT2D eigenvalue weighted by atomic mass is 16.1. The first-order chi connectivity index (χ1) is 8.27. The lowest BCUT2D eigenvalue weighted by Crippen LogP contribution is -2.50. The predicted octanol–water partition coefficient (Wildman–Crippen LogP) is 3.54. The largest absolute Gasteiger partial charge is 0.298 e. The molecule has 0 aromatic rings. The van der Waals surface area contributed by atoms with E-state index in [-0.39, 0.29) is 6.04 Å². The maximum absolute atomic E-state index is 12.1. The number of carbonyl (C=O) groups is 1. The number of hydrogen-bond acceptors (Lipinski definition) is 2. The van der Waals surface area contributed by atoms with Gasteiger partial charge in [0.1, 0.15) is 5.78 Å². The molecule has 2 heterocycles. The van der Waals surface area contributed by atoms with Gasteiger partial charge in [-0.15, -0.1) is 0 Å². The molecule has 2 aliphatic heterocycles. The number of rotatable bonds is 5. The lowest BCUT2D eigenvalue weighted by Gasteiger charge is -2.40. The molecule has 3 atom stereocenters. The van der Waals surface area contributed by atoms with Crippen LogP contribution in [-0.4, -0.2) is 28.8 Å². The first-order valence-corrected chi connectivity index (χ1v) is 7.58. The normalized spacial score (nSPS) is 33.6. The van der Waals surface area contributed by atoms with Gasteiger partial charge in [-0.2, -0.15) is 0 Å². The Morgan fingerprint density at radius 2 is 2.00 bits per heavy atom. The number of piperidine rings is 1. The van der Waals surface area contributed by atoms with Crippen LogP contribution in [0.5, 0.6) is 0 Å². The van der Waals surface area contributed by atoms with Crippen LogP contribution in [0.1, 0.15) is 71.6 Å². The van der Waals surface area contributed by atoms with E-state index in [0.717, 1.165) is 12.5 Å². The van der Waals surface area contributed by atoms with E-state index < -0.39 is 0 Å². The molecule has 2 fully saturated rings. The summed E-state index contributed by atoms with van der Waals surface area (Å²) >= 11 is 0. The zero-order valence-electron chi connectivity index (χ0n) is 11.5. The first kappa shape index (κ1) is 13.1. The van der Waals surface area contributed by atoms with Crippen LogP contribution < -0.4 is 0 Å². The van der Waals surface area contributed by atoms with Crippen molar-refractivity contribution in [2.75, 3.05) is 0 Å². The van der Waals surface area contributed by atoms with Gasteiger partial charge in [-0.05, 0) is 38.5 Å². The van der Waals surface area contributed by atoms with Crippen molar-refractivity contribution in [3.63, 3.8) is 0 Å². The van der Waals surface area contributed by atoms with Crippen molar-refractivity contribution in [1.29, 1.82) is 0 Å². The van der Waals surface area contributed by atoms with Crippen LogP contribution in [0.4, 0.5) is 0 Å². The van der Waals surface area contributed by atoms with Crippen molar-refractivity contribution in [1.82, 2.24) is 4.90 Å². The zero-order valence-corrected chi connectivity index (χ0v) is 11.5. The maximum Gasteiger partial charge on any atom is 0.149 e. The Balaban J connectivity index is 2.04. The van der Waals surface area contributed by atoms with Crippen LogP contribution in [0.3, 0.4) is 0 Å². The highest BCUT2D eigenvalue weighted by Crippen LogP contribution is 2.37. The standard InChI is InChI=1S/C15H27NO/c1-3-5-7-12-10-11-13-8-6-9-14(16(12)13)15(17)4-2/h12-14H,3-11H2,1-2H3/t12-,13-,14-/m1/s1. The lowest BCUT2D eigenvalue weighted by molar-refractivity contribution is -0.126. The van der Waals surface area contributed by atoms with Crippen molar-refractivity contribution in [2.45, 2.75) is 89.8 Å². The topological polar surface area (TPSA) is 20.3 Å². The summed E-state index contributed by atoms with van der Waals surface area (Å²) in [6.07, 6.45) is 11.0. The summed E-state index contributed by atoms with van der Waals surface area (Å²) in [6.45, 7) is 4.28. The van der Waals surface area contributed by atoms with Crippen LogP contribution in [0.25, 0.3) is 0 Å². The predicted molar refractivity (Wildman–Crippen MR) is 71.1 cm³/mol. The molecular weight excluding hydrogens is 210 g/mol. The van der Waals surface area contributed by atoms with E-state index in [9.17, 15) is 4.79 Å². The van der Waals surface area contributed by atoms with Crippen LogP contribution in [0, 0.1) is 0 Å². The number of unbranched alkanes of at least 4 members (excludes halogenated alkanes) is 1. The van der Waals surface area contributed by atoms with Crippen LogP contribution in [-0.2, 0) is 4.79 Å². The minimum absolute atomic E-state index is 0.267. The van der Waals surface area contributed by atoms with Gasteiger partial charge in [0.2, 0.25) is 0 Å². The van der Waals surface area contributed by atoms with Crippen LogP contribution in [0.2, 0.25) is 0 Å². The average Bonchev–Trinajstić information content (AvgIpc) is 2.78. The number of hydrogen-bond donors (Lipinski definition) is 0. The van der Waals surface area contributed by atoms with Crippen molar-refractivity contribution < 1.29 is 4.79 Å². The summed E-state index contributed by atoms with van der Waals surface area (Å²) in [5, 5.41) is 0. The third-order valence-corrected chi connectivity index (χ3v) is 4.66. The Morgan fingerprint density at radius 1 is 1.18 bits per heavy atom. The second-order valence-corrected chi connectivity index (χ2v) is 5.74. The molecule has 0 bridgehead atoms. The summed E-state index contributed by atoms with van der Waals surface area (Å²) in [6, 6.07) is 1.70. The molecule has 0 N–H and O–H groups in total. The van der Waals surface area contributed by atoms with Crippen molar-refractivity contribution in [3.8, 4) is 0 Å². The molecular formula is C15H27NO.